The minimum Gasteiger partial charge on any atom is -0.470 e. The second-order valence-electron chi connectivity index (χ2n) is 8.66. The van der Waals surface area contributed by atoms with Crippen molar-refractivity contribution in [3.05, 3.63) is 45.5 Å². The predicted molar refractivity (Wildman–Crippen MR) is 124 cm³/mol. The zero-order valence-corrected chi connectivity index (χ0v) is 20.2. The van der Waals surface area contributed by atoms with Crippen molar-refractivity contribution in [2.24, 2.45) is 0 Å². The average Bonchev–Trinajstić information content (AvgIpc) is 3.28. The molecule has 1 unspecified atom stereocenters. The Morgan fingerprint density at radius 3 is 2.79 bits per heavy atom. The lowest BCUT2D eigenvalue weighted by Gasteiger charge is -2.27. The van der Waals surface area contributed by atoms with Gasteiger partial charge in [0.1, 0.15) is 19.3 Å². The standard InChI is InChI=1S/C21H29N5O7S/c1-21(2,3)22-12-17(14-31-19-18(23-34-24-19)25-7-9-30-10-8-25)33-20(27)16-6-4-5-15(11-16)13-32-26(28)29/h4-6,11,17,22H,7-10,12-14H2,1-3H3. The summed E-state index contributed by atoms with van der Waals surface area (Å²) in [5.41, 5.74) is 0.538. The number of benzene rings is 1. The van der Waals surface area contributed by atoms with Crippen molar-refractivity contribution in [1.29, 1.82) is 0 Å². The smallest absolute Gasteiger partial charge is 0.338 e. The van der Waals surface area contributed by atoms with Gasteiger partial charge in [-0.15, -0.1) is 14.5 Å². The van der Waals surface area contributed by atoms with Crippen molar-refractivity contribution in [2.45, 2.75) is 39.0 Å². The first-order chi connectivity index (χ1) is 16.2. The number of nitrogens with zero attached hydrogens (tertiary/aromatic N) is 4. The predicted octanol–water partition coefficient (Wildman–Crippen LogP) is 2.08. The Morgan fingerprint density at radius 1 is 1.32 bits per heavy atom. The summed E-state index contributed by atoms with van der Waals surface area (Å²) in [5, 5.41) is 12.9. The molecule has 1 aliphatic heterocycles. The highest BCUT2D eigenvalue weighted by molar-refractivity contribution is 6.99. The summed E-state index contributed by atoms with van der Waals surface area (Å²) in [6.45, 7) is 8.80. The van der Waals surface area contributed by atoms with Crippen LogP contribution in [-0.4, -0.2) is 70.9 Å². The third-order valence-corrected chi connectivity index (χ3v) is 5.29. The molecule has 1 atom stereocenters. The van der Waals surface area contributed by atoms with E-state index >= 15 is 0 Å². The van der Waals surface area contributed by atoms with E-state index in [4.69, 9.17) is 14.2 Å². The summed E-state index contributed by atoms with van der Waals surface area (Å²) in [4.78, 5) is 29.7. The van der Waals surface area contributed by atoms with Crippen LogP contribution in [0.2, 0.25) is 0 Å². The second-order valence-corrected chi connectivity index (χ2v) is 9.19. The number of morpholine rings is 1. The Labute approximate surface area is 201 Å². The van der Waals surface area contributed by atoms with E-state index in [1.54, 1.807) is 18.2 Å². The molecule has 0 bridgehead atoms. The number of ether oxygens (including phenoxy) is 3. The number of esters is 1. The maximum atomic E-state index is 12.8. The largest absolute Gasteiger partial charge is 0.470 e. The molecule has 13 heteroatoms. The van der Waals surface area contributed by atoms with Gasteiger partial charge in [-0.3, -0.25) is 0 Å². The van der Waals surface area contributed by atoms with E-state index in [1.165, 1.54) is 6.07 Å². The van der Waals surface area contributed by atoms with Crippen molar-refractivity contribution >= 4 is 23.5 Å². The molecule has 12 nitrogen and oxygen atoms in total. The number of anilines is 1. The summed E-state index contributed by atoms with van der Waals surface area (Å²) in [6.07, 6.45) is -0.621. The van der Waals surface area contributed by atoms with Crippen LogP contribution in [0.3, 0.4) is 0 Å². The summed E-state index contributed by atoms with van der Waals surface area (Å²) in [7, 11) is 0. The van der Waals surface area contributed by atoms with Gasteiger partial charge in [-0.2, -0.15) is 4.37 Å². The molecule has 1 aromatic heterocycles. The van der Waals surface area contributed by atoms with Gasteiger partial charge in [0.2, 0.25) is 5.82 Å². The number of carbonyl (C=O) groups is 1. The quantitative estimate of drug-likeness (QED) is 0.278. The third kappa shape index (κ3) is 8.08. The van der Waals surface area contributed by atoms with Crippen LogP contribution in [0.25, 0.3) is 0 Å². The van der Waals surface area contributed by atoms with Gasteiger partial charge in [0, 0.05) is 25.2 Å². The van der Waals surface area contributed by atoms with Crippen molar-refractivity contribution < 1.29 is 28.9 Å². The first kappa shape index (κ1) is 25.6. The number of rotatable bonds is 11. The summed E-state index contributed by atoms with van der Waals surface area (Å²) in [5.74, 6) is 0.473. The Hall–Kier alpha value is -3.03. The van der Waals surface area contributed by atoms with Gasteiger partial charge in [0.25, 0.3) is 11.0 Å². The van der Waals surface area contributed by atoms with Gasteiger partial charge >= 0.3 is 5.97 Å². The van der Waals surface area contributed by atoms with E-state index in [0.717, 1.165) is 11.7 Å². The molecular formula is C21H29N5O7S. The molecule has 1 fully saturated rings. The number of hydrogen-bond acceptors (Lipinski definition) is 12. The van der Waals surface area contributed by atoms with Gasteiger partial charge in [0.15, 0.2) is 0 Å². The molecule has 1 N–H and O–H groups in total. The number of nitrogens with one attached hydrogen (secondary N) is 1. The SMILES string of the molecule is CC(C)(C)NCC(COc1nsnc1N1CCOCC1)OC(=O)c1cccc(CO[N+](=O)[O-])c1. The van der Waals surface area contributed by atoms with Crippen LogP contribution in [-0.2, 0) is 20.9 Å². The van der Waals surface area contributed by atoms with E-state index in [1.807, 2.05) is 20.8 Å². The monoisotopic (exact) mass is 495 g/mol. The van der Waals surface area contributed by atoms with Crippen LogP contribution in [0.1, 0.15) is 36.7 Å². The highest BCUT2D eigenvalue weighted by atomic mass is 32.1. The maximum absolute atomic E-state index is 12.8. The third-order valence-electron chi connectivity index (χ3n) is 4.79. The molecule has 1 aromatic carbocycles. The zero-order valence-electron chi connectivity index (χ0n) is 19.4. The van der Waals surface area contributed by atoms with Gasteiger partial charge in [-0.25, -0.2) is 4.79 Å². The minimum atomic E-state index is -0.880. The Morgan fingerprint density at radius 2 is 2.09 bits per heavy atom. The molecule has 2 heterocycles. The number of carbonyl (C=O) groups excluding carboxylic acids is 1. The lowest BCUT2D eigenvalue weighted by molar-refractivity contribution is -0.763. The van der Waals surface area contributed by atoms with Crippen LogP contribution in [0.5, 0.6) is 5.88 Å². The summed E-state index contributed by atoms with van der Waals surface area (Å²) < 4.78 is 25.6. The first-order valence-electron chi connectivity index (χ1n) is 10.8. The lowest BCUT2D eigenvalue weighted by atomic mass is 10.1. The normalized spacial score (nSPS) is 15.0. The van der Waals surface area contributed by atoms with E-state index in [9.17, 15) is 14.9 Å². The highest BCUT2D eigenvalue weighted by Crippen LogP contribution is 2.26. The summed E-state index contributed by atoms with van der Waals surface area (Å²) >= 11 is 1.06. The molecule has 0 amide bonds. The van der Waals surface area contributed by atoms with Crippen molar-refractivity contribution in [3.63, 3.8) is 0 Å². The Kier molecular flexibility index (Phi) is 8.96. The molecule has 2 aromatic rings. The van der Waals surface area contributed by atoms with Gasteiger partial charge in [-0.05, 0) is 38.5 Å². The highest BCUT2D eigenvalue weighted by Gasteiger charge is 2.24. The van der Waals surface area contributed by atoms with Crippen LogP contribution in [0, 0.1) is 10.1 Å². The molecule has 0 radical (unpaired) electrons. The van der Waals surface area contributed by atoms with E-state index in [-0.39, 0.29) is 24.3 Å². The first-order valence-corrected chi connectivity index (χ1v) is 11.5. The average molecular weight is 496 g/mol. The molecule has 1 aliphatic rings. The number of aromatic nitrogens is 2. The number of hydrogen-bond donors (Lipinski definition) is 1. The van der Waals surface area contributed by atoms with Gasteiger partial charge < -0.3 is 29.3 Å². The second kappa shape index (κ2) is 11.9. The van der Waals surface area contributed by atoms with Crippen molar-refractivity contribution in [2.75, 3.05) is 44.4 Å². The lowest BCUT2D eigenvalue weighted by Crippen LogP contribution is -2.44. The fourth-order valence-corrected chi connectivity index (χ4v) is 3.62. The Balaban J connectivity index is 1.65. The van der Waals surface area contributed by atoms with Crippen LogP contribution < -0.4 is 15.0 Å². The topological polar surface area (TPSA) is 138 Å². The van der Waals surface area contributed by atoms with Crippen LogP contribution >= 0.6 is 11.7 Å². The van der Waals surface area contributed by atoms with E-state index < -0.39 is 17.2 Å². The summed E-state index contributed by atoms with van der Waals surface area (Å²) in [6, 6.07) is 6.32. The molecule has 186 valence electrons. The molecule has 1 saturated heterocycles. The van der Waals surface area contributed by atoms with Gasteiger partial charge in [-0.1, -0.05) is 12.1 Å². The molecule has 3 rings (SSSR count). The zero-order chi connectivity index (χ0) is 24.6. The van der Waals surface area contributed by atoms with Crippen LogP contribution in [0.4, 0.5) is 5.82 Å². The molecule has 0 spiro atoms. The van der Waals surface area contributed by atoms with E-state index in [0.29, 0.717) is 50.1 Å². The Bertz CT molecular complexity index is 959. The maximum Gasteiger partial charge on any atom is 0.338 e. The van der Waals surface area contributed by atoms with Crippen molar-refractivity contribution in [3.8, 4) is 5.88 Å². The van der Waals surface area contributed by atoms with Gasteiger partial charge in [0.05, 0.1) is 30.5 Å². The fraction of sp³-hybridized carbons (Fsp3) is 0.571. The van der Waals surface area contributed by atoms with Crippen LogP contribution in [0.15, 0.2) is 24.3 Å². The molecule has 0 aliphatic carbocycles. The molecular weight excluding hydrogens is 466 g/mol. The molecule has 34 heavy (non-hydrogen) atoms. The molecule has 0 saturated carbocycles. The minimum absolute atomic E-state index is 0.0711. The van der Waals surface area contributed by atoms with Crippen molar-refractivity contribution in [1.82, 2.24) is 14.1 Å². The fourth-order valence-electron chi connectivity index (χ4n) is 3.10. The van der Waals surface area contributed by atoms with E-state index in [2.05, 4.69) is 23.8 Å².